The van der Waals surface area contributed by atoms with Gasteiger partial charge >= 0.3 is 6.09 Å². The number of carbonyl (C=O) groups excluding carboxylic acids is 1. The molecular formula is C31H41N3O5S. The van der Waals surface area contributed by atoms with Crippen LogP contribution in [0.1, 0.15) is 56.6 Å². The number of benzene rings is 2. The van der Waals surface area contributed by atoms with Gasteiger partial charge in [-0.15, -0.1) is 0 Å². The topological polar surface area (TPSA) is 79.4 Å². The SMILES string of the molecule is CCOC(=O)N1CC2CCC1CC(N1CCC3(CC1)CN(S(=O)(=O)c1ccc(OC)cc1)Cc1ccccc13)C2. The molecule has 9 heteroatoms. The second-order valence-electron chi connectivity index (χ2n) is 12.0. The number of piperidine rings is 2. The van der Waals surface area contributed by atoms with Crippen LogP contribution in [0.25, 0.3) is 0 Å². The lowest BCUT2D eigenvalue weighted by atomic mass is 9.69. The van der Waals surface area contributed by atoms with Gasteiger partial charge in [0.25, 0.3) is 0 Å². The molecule has 2 bridgehead atoms. The first-order chi connectivity index (χ1) is 19.3. The van der Waals surface area contributed by atoms with Crippen LogP contribution in [-0.4, -0.2) is 80.6 Å². The summed E-state index contributed by atoms with van der Waals surface area (Å²) >= 11 is 0. The van der Waals surface area contributed by atoms with E-state index in [0.717, 1.165) is 57.3 Å². The van der Waals surface area contributed by atoms with Crippen LogP contribution in [0.2, 0.25) is 0 Å². The number of amides is 1. The Balaban J connectivity index is 1.20. The Hall–Kier alpha value is -2.62. The summed E-state index contributed by atoms with van der Waals surface area (Å²) < 4.78 is 39.9. The van der Waals surface area contributed by atoms with Gasteiger partial charge in [0.05, 0.1) is 18.6 Å². The largest absolute Gasteiger partial charge is 0.497 e. The van der Waals surface area contributed by atoms with E-state index in [2.05, 4.69) is 23.1 Å². The molecule has 1 spiro atoms. The smallest absolute Gasteiger partial charge is 0.410 e. The molecule has 2 aromatic carbocycles. The molecule has 7 rings (SSSR count). The summed E-state index contributed by atoms with van der Waals surface area (Å²) in [6.07, 6.45) is 6.04. The summed E-state index contributed by atoms with van der Waals surface area (Å²) in [5, 5.41) is 0. The normalized spacial score (nSPS) is 26.8. The van der Waals surface area contributed by atoms with Crippen LogP contribution >= 0.6 is 0 Å². The molecule has 40 heavy (non-hydrogen) atoms. The Morgan fingerprint density at radius 2 is 1.75 bits per heavy atom. The minimum absolute atomic E-state index is 0.160. The van der Waals surface area contributed by atoms with Crippen LogP contribution in [0.15, 0.2) is 53.4 Å². The van der Waals surface area contributed by atoms with Gasteiger partial charge in [-0.25, -0.2) is 13.2 Å². The van der Waals surface area contributed by atoms with Crippen LogP contribution in [0, 0.1) is 5.92 Å². The van der Waals surface area contributed by atoms with E-state index in [4.69, 9.17) is 9.47 Å². The Labute approximate surface area is 238 Å². The molecule has 0 aromatic heterocycles. The van der Waals surface area contributed by atoms with Crippen molar-refractivity contribution in [1.29, 1.82) is 0 Å². The van der Waals surface area contributed by atoms with E-state index in [9.17, 15) is 13.2 Å². The van der Waals surface area contributed by atoms with Gasteiger partial charge in [-0.05, 0) is 99.8 Å². The first-order valence-corrected chi connectivity index (χ1v) is 16.2. The number of sulfonamides is 1. The van der Waals surface area contributed by atoms with Gasteiger partial charge in [0.2, 0.25) is 10.0 Å². The summed E-state index contributed by atoms with van der Waals surface area (Å²) in [5.41, 5.74) is 2.22. The van der Waals surface area contributed by atoms with E-state index in [0.29, 0.717) is 42.3 Å². The van der Waals surface area contributed by atoms with E-state index in [-0.39, 0.29) is 17.6 Å². The molecule has 4 fully saturated rings. The quantitative estimate of drug-likeness (QED) is 0.524. The summed E-state index contributed by atoms with van der Waals surface area (Å²) in [5.74, 6) is 1.16. The average molecular weight is 568 g/mol. The first-order valence-electron chi connectivity index (χ1n) is 14.7. The zero-order chi connectivity index (χ0) is 27.9. The highest BCUT2D eigenvalue weighted by Crippen LogP contribution is 2.45. The predicted octanol–water partition coefficient (Wildman–Crippen LogP) is 4.63. The van der Waals surface area contributed by atoms with Crippen molar-refractivity contribution in [1.82, 2.24) is 14.1 Å². The van der Waals surface area contributed by atoms with Crippen molar-refractivity contribution in [2.24, 2.45) is 5.92 Å². The third kappa shape index (κ3) is 5.01. The lowest BCUT2D eigenvalue weighted by Gasteiger charge is -2.49. The Morgan fingerprint density at radius 1 is 1.00 bits per heavy atom. The second-order valence-corrected chi connectivity index (χ2v) is 13.9. The first kappa shape index (κ1) is 27.5. The minimum Gasteiger partial charge on any atom is -0.497 e. The average Bonchev–Trinajstić information content (AvgIpc) is 3.30. The van der Waals surface area contributed by atoms with Gasteiger partial charge in [-0.3, -0.25) is 0 Å². The van der Waals surface area contributed by atoms with Crippen LogP contribution in [-0.2, 0) is 26.7 Å². The molecule has 8 nitrogen and oxygen atoms in total. The maximum absolute atomic E-state index is 13.8. The summed E-state index contributed by atoms with van der Waals surface area (Å²) in [7, 11) is -2.07. The Morgan fingerprint density at radius 3 is 2.48 bits per heavy atom. The van der Waals surface area contributed by atoms with Gasteiger partial charge in [0, 0.05) is 37.1 Å². The lowest BCUT2D eigenvalue weighted by molar-refractivity contribution is 0.0647. The molecule has 1 amide bonds. The molecular weight excluding hydrogens is 526 g/mol. The van der Waals surface area contributed by atoms with E-state index in [1.54, 1.807) is 35.7 Å². The monoisotopic (exact) mass is 567 g/mol. The number of fused-ring (bicyclic) bond motifs is 6. The number of rotatable bonds is 5. The number of hydrogen-bond donors (Lipinski definition) is 0. The summed E-state index contributed by atoms with van der Waals surface area (Å²) in [6.45, 7) is 5.86. The minimum atomic E-state index is -3.65. The molecule has 2 aromatic rings. The van der Waals surface area contributed by atoms with Gasteiger partial charge in [-0.1, -0.05) is 24.3 Å². The molecule has 1 saturated carbocycles. The zero-order valence-corrected chi connectivity index (χ0v) is 24.4. The van der Waals surface area contributed by atoms with Gasteiger partial charge in [0.1, 0.15) is 5.75 Å². The van der Waals surface area contributed by atoms with Crippen molar-refractivity contribution in [2.75, 3.05) is 39.9 Å². The number of carbonyl (C=O) groups is 1. The van der Waals surface area contributed by atoms with Crippen molar-refractivity contribution >= 4 is 16.1 Å². The van der Waals surface area contributed by atoms with Crippen molar-refractivity contribution in [2.45, 2.75) is 74.4 Å². The molecule has 3 saturated heterocycles. The standard InChI is InChI=1S/C31H41N3O5S/c1-3-39-30(35)34-20-23-8-9-25(34)19-26(18-23)32-16-14-31(15-17-32)22-33(21-24-6-4-5-7-29(24)31)40(36,37)28-12-10-27(38-2)11-13-28/h4-7,10-13,23,25-26H,3,8-9,14-22H2,1-2H3. The number of ether oxygens (including phenoxy) is 2. The van der Waals surface area contributed by atoms with Crippen LogP contribution in [0.4, 0.5) is 4.79 Å². The summed E-state index contributed by atoms with van der Waals surface area (Å²) in [4.78, 5) is 17.5. The highest BCUT2D eigenvalue weighted by atomic mass is 32.2. The fraction of sp³-hybridized carbons (Fsp3) is 0.581. The maximum atomic E-state index is 13.8. The maximum Gasteiger partial charge on any atom is 0.410 e. The Bertz CT molecular complexity index is 1320. The van der Waals surface area contributed by atoms with Gasteiger partial charge < -0.3 is 19.3 Å². The molecule has 1 aliphatic carbocycles. The molecule has 0 radical (unpaired) electrons. The zero-order valence-electron chi connectivity index (χ0n) is 23.6. The highest BCUT2D eigenvalue weighted by Gasteiger charge is 2.47. The van der Waals surface area contributed by atoms with E-state index in [1.807, 2.05) is 17.9 Å². The second kappa shape index (κ2) is 11.0. The number of hydrogen-bond acceptors (Lipinski definition) is 6. The van der Waals surface area contributed by atoms with Crippen molar-refractivity contribution in [3.8, 4) is 5.75 Å². The Kier molecular flexibility index (Phi) is 7.57. The lowest BCUT2D eigenvalue weighted by Crippen LogP contribution is -2.55. The third-order valence-corrected chi connectivity index (χ3v) is 11.6. The van der Waals surface area contributed by atoms with Crippen LogP contribution < -0.4 is 4.74 Å². The van der Waals surface area contributed by atoms with E-state index in [1.165, 1.54) is 12.0 Å². The number of likely N-dealkylation sites (tertiary alicyclic amines) is 1. The fourth-order valence-electron chi connectivity index (χ4n) is 7.72. The molecule has 216 valence electrons. The third-order valence-electron chi connectivity index (χ3n) is 9.84. The molecule has 4 aliphatic heterocycles. The van der Waals surface area contributed by atoms with Crippen molar-refractivity contribution in [3.05, 3.63) is 59.7 Å². The van der Waals surface area contributed by atoms with E-state index >= 15 is 0 Å². The van der Waals surface area contributed by atoms with Gasteiger partial charge in [-0.2, -0.15) is 4.31 Å². The van der Waals surface area contributed by atoms with Crippen LogP contribution in [0.5, 0.6) is 5.75 Å². The van der Waals surface area contributed by atoms with Crippen molar-refractivity contribution in [3.63, 3.8) is 0 Å². The molecule has 5 aliphatic rings. The fourth-order valence-corrected chi connectivity index (χ4v) is 9.22. The molecule has 3 unspecified atom stereocenters. The van der Waals surface area contributed by atoms with Crippen LogP contribution in [0.3, 0.4) is 0 Å². The van der Waals surface area contributed by atoms with Crippen molar-refractivity contribution < 1.29 is 22.7 Å². The highest BCUT2D eigenvalue weighted by molar-refractivity contribution is 7.89. The molecule has 3 atom stereocenters. The molecule has 0 N–H and O–H groups in total. The summed E-state index contributed by atoms with van der Waals surface area (Å²) in [6, 6.07) is 15.8. The number of nitrogens with zero attached hydrogens (tertiary/aromatic N) is 3. The number of methoxy groups -OCH3 is 1. The van der Waals surface area contributed by atoms with Gasteiger partial charge in [0.15, 0.2) is 0 Å². The van der Waals surface area contributed by atoms with E-state index < -0.39 is 10.0 Å². The molecule has 4 heterocycles. The predicted molar refractivity (Wildman–Crippen MR) is 153 cm³/mol.